The maximum Gasteiger partial charge on any atom is 0.296 e. The van der Waals surface area contributed by atoms with Gasteiger partial charge in [0.15, 0.2) is 0 Å². The molecule has 7 heteroatoms. The van der Waals surface area contributed by atoms with E-state index in [0.29, 0.717) is 27.9 Å². The van der Waals surface area contributed by atoms with E-state index in [1.165, 1.54) is 0 Å². The fourth-order valence-corrected chi connectivity index (χ4v) is 9.86. The fourth-order valence-electron chi connectivity index (χ4n) is 6.56. The van der Waals surface area contributed by atoms with Crippen molar-refractivity contribution in [2.24, 2.45) is 0 Å². The topological polar surface area (TPSA) is 84.5 Å². The van der Waals surface area contributed by atoms with E-state index in [-0.39, 0.29) is 19.2 Å². The van der Waals surface area contributed by atoms with Crippen LogP contribution in [0.4, 0.5) is 5.69 Å². The van der Waals surface area contributed by atoms with E-state index < -0.39 is 12.5 Å². The van der Waals surface area contributed by atoms with Gasteiger partial charge in [0.2, 0.25) is 0 Å². The third-order valence-electron chi connectivity index (χ3n) is 8.92. The minimum Gasteiger partial charge on any atom is -0.438 e. The number of fused-ring (bicyclic) bond motifs is 3. The molecule has 2 unspecified atom stereocenters. The second kappa shape index (κ2) is 13.4. The molecule has 0 spiro atoms. The quantitative estimate of drug-likeness (QED) is 0.132. The van der Waals surface area contributed by atoms with Crippen LogP contribution in [0.25, 0.3) is 11.1 Å². The zero-order valence-electron chi connectivity index (χ0n) is 26.5. The average molecular weight is 665 g/mol. The molecule has 1 heterocycles. The van der Waals surface area contributed by atoms with Crippen molar-refractivity contribution >= 4 is 30.2 Å². The smallest absolute Gasteiger partial charge is 0.296 e. The molecule has 0 saturated heterocycles. The highest BCUT2D eigenvalue weighted by Crippen LogP contribution is 2.71. The number of nitrogens with one attached hydrogen (secondary N) is 2. The van der Waals surface area contributed by atoms with Crippen LogP contribution in [0.2, 0.25) is 0 Å². The Labute approximate surface area is 287 Å². The van der Waals surface area contributed by atoms with E-state index in [2.05, 4.69) is 10.6 Å². The highest BCUT2D eigenvalue weighted by Gasteiger charge is 2.57. The molecule has 1 aliphatic rings. The first kappa shape index (κ1) is 33.2. The summed E-state index contributed by atoms with van der Waals surface area (Å²) >= 11 is 0. The lowest BCUT2D eigenvalue weighted by molar-refractivity contribution is 0.0961. The van der Waals surface area contributed by atoms with Crippen molar-refractivity contribution in [1.82, 2.24) is 5.32 Å². The second-order valence-corrected chi connectivity index (χ2v) is 14.2. The van der Waals surface area contributed by atoms with Crippen LogP contribution in [0.1, 0.15) is 50.4 Å². The van der Waals surface area contributed by atoms with Crippen LogP contribution in [0.15, 0.2) is 152 Å². The maximum absolute atomic E-state index is 16.4. The van der Waals surface area contributed by atoms with Crippen molar-refractivity contribution in [2.75, 3.05) is 12.4 Å². The number of carbonyl (C=O) groups is 2. The number of carbonyl (C=O) groups excluding carboxylic acids is 2. The van der Waals surface area contributed by atoms with Crippen LogP contribution in [-0.4, -0.2) is 18.9 Å². The number of rotatable bonds is 7. The van der Waals surface area contributed by atoms with Gasteiger partial charge < -0.3 is 15.2 Å². The molecule has 244 valence electrons. The number of anilines is 1. The Bertz CT molecular complexity index is 2180. The number of aryl methyl sites for hydroxylation is 1. The van der Waals surface area contributed by atoms with Crippen molar-refractivity contribution in [1.29, 1.82) is 0 Å². The SMILES string of the molecule is C.CNC(=O)c1ccc(C(=O)Nc2ccc(C(c3ccccc3)(c3ccc(C)cc3)P3(=O)Oc4ccccc4-c4ccccc43)cc2)cc1. The first-order chi connectivity index (χ1) is 23.3. The Hall–Kier alpha value is -5.71. The van der Waals surface area contributed by atoms with Crippen molar-refractivity contribution in [3.8, 4) is 16.9 Å². The molecular formula is C42H37N2O4P. The maximum atomic E-state index is 16.4. The Morgan fingerprint density at radius 2 is 1.10 bits per heavy atom. The van der Waals surface area contributed by atoms with E-state index >= 15 is 4.57 Å². The summed E-state index contributed by atoms with van der Waals surface area (Å²) in [4.78, 5) is 25.1. The molecule has 0 fully saturated rings. The van der Waals surface area contributed by atoms with Gasteiger partial charge in [0.25, 0.3) is 19.2 Å². The van der Waals surface area contributed by atoms with E-state index in [1.807, 2.05) is 134 Å². The van der Waals surface area contributed by atoms with Gasteiger partial charge in [-0.15, -0.1) is 0 Å². The summed E-state index contributed by atoms with van der Waals surface area (Å²) in [5, 5.41) is 4.93. The highest BCUT2D eigenvalue weighted by molar-refractivity contribution is 7.69. The predicted octanol–water partition coefficient (Wildman–Crippen LogP) is 9.20. The van der Waals surface area contributed by atoms with Crippen molar-refractivity contribution < 1.29 is 18.7 Å². The molecule has 2 amide bonds. The van der Waals surface area contributed by atoms with Crippen molar-refractivity contribution in [3.63, 3.8) is 0 Å². The molecule has 0 aliphatic carbocycles. The van der Waals surface area contributed by atoms with Gasteiger partial charge in [-0.05, 0) is 77.7 Å². The lowest BCUT2D eigenvalue weighted by Crippen LogP contribution is -2.38. The van der Waals surface area contributed by atoms with Crippen LogP contribution in [0.3, 0.4) is 0 Å². The van der Waals surface area contributed by atoms with Crippen LogP contribution in [0.5, 0.6) is 5.75 Å². The largest absolute Gasteiger partial charge is 0.438 e. The van der Waals surface area contributed by atoms with E-state index in [4.69, 9.17) is 4.52 Å². The predicted molar refractivity (Wildman–Crippen MR) is 198 cm³/mol. The molecule has 0 saturated carbocycles. The molecule has 49 heavy (non-hydrogen) atoms. The Morgan fingerprint density at radius 1 is 0.592 bits per heavy atom. The lowest BCUT2D eigenvalue weighted by Gasteiger charge is -2.44. The monoisotopic (exact) mass is 664 g/mol. The van der Waals surface area contributed by atoms with Gasteiger partial charge >= 0.3 is 0 Å². The molecule has 7 rings (SSSR count). The van der Waals surface area contributed by atoms with Gasteiger partial charge in [0, 0.05) is 29.4 Å². The Kier molecular flexibility index (Phi) is 9.09. The Morgan fingerprint density at radius 3 is 1.73 bits per heavy atom. The molecule has 2 atom stereocenters. The summed E-state index contributed by atoms with van der Waals surface area (Å²) < 4.78 is 23.2. The number of para-hydroxylation sites is 1. The van der Waals surface area contributed by atoms with Crippen LogP contribution < -0.4 is 20.5 Å². The van der Waals surface area contributed by atoms with Crippen LogP contribution >= 0.6 is 7.37 Å². The number of amides is 2. The first-order valence-corrected chi connectivity index (χ1v) is 17.3. The van der Waals surface area contributed by atoms with Gasteiger partial charge in [-0.1, -0.05) is 116 Å². The summed E-state index contributed by atoms with van der Waals surface area (Å²) in [6.07, 6.45) is 0. The lowest BCUT2D eigenvalue weighted by atomic mass is 9.83. The molecule has 0 bridgehead atoms. The molecule has 1 aliphatic heterocycles. The normalized spacial score (nSPS) is 15.6. The standard InChI is InChI=1S/C41H33N2O4P.CH4/c1-28-16-22-32(23-17-28)41(31-10-4-3-5-11-31,48(46)38-15-9-7-13-36(38)35-12-6-8-14-37(35)47-48)33-24-26-34(27-25-33)43-40(45)30-20-18-29(19-21-30)39(44)42-2;/h3-27H,1-2H3,(H,42,44)(H,43,45);1H4. The fraction of sp³-hybridized carbons (Fsp3) is 0.0952. The van der Waals surface area contributed by atoms with Gasteiger partial charge in [-0.2, -0.15) is 0 Å². The molecule has 6 nitrogen and oxygen atoms in total. The summed E-state index contributed by atoms with van der Waals surface area (Å²) in [5.41, 5.74) is 6.70. The summed E-state index contributed by atoms with van der Waals surface area (Å²) in [6.45, 7) is 2.03. The summed E-state index contributed by atoms with van der Waals surface area (Å²) in [7, 11) is -2.32. The molecular weight excluding hydrogens is 627 g/mol. The van der Waals surface area contributed by atoms with E-state index in [9.17, 15) is 9.59 Å². The van der Waals surface area contributed by atoms with Crippen molar-refractivity contribution in [3.05, 3.63) is 185 Å². The zero-order valence-corrected chi connectivity index (χ0v) is 27.4. The van der Waals surface area contributed by atoms with Gasteiger partial charge in [0.1, 0.15) is 10.9 Å². The van der Waals surface area contributed by atoms with E-state index in [0.717, 1.165) is 33.4 Å². The van der Waals surface area contributed by atoms with Crippen LogP contribution in [-0.2, 0) is 9.72 Å². The van der Waals surface area contributed by atoms with Gasteiger partial charge in [-0.25, -0.2) is 0 Å². The molecule has 6 aromatic rings. The third-order valence-corrected chi connectivity index (χ3v) is 12.1. The molecule has 0 radical (unpaired) electrons. The van der Waals surface area contributed by atoms with Crippen molar-refractivity contribution in [2.45, 2.75) is 19.5 Å². The third kappa shape index (κ3) is 5.64. The number of hydrogen-bond acceptors (Lipinski definition) is 4. The minimum absolute atomic E-state index is 0. The zero-order chi connectivity index (χ0) is 33.3. The van der Waals surface area contributed by atoms with E-state index in [1.54, 1.807) is 31.3 Å². The Balaban J connectivity index is 0.00000417. The highest BCUT2D eigenvalue weighted by atomic mass is 31.2. The summed E-state index contributed by atoms with van der Waals surface area (Å²) in [6, 6.07) is 47.5. The summed E-state index contributed by atoms with van der Waals surface area (Å²) in [5.74, 6) is 0.0337. The molecule has 2 N–H and O–H groups in total. The molecule has 0 aromatic heterocycles. The first-order valence-electron chi connectivity index (χ1n) is 15.7. The average Bonchev–Trinajstić information content (AvgIpc) is 3.13. The number of hydrogen-bond donors (Lipinski definition) is 2. The number of benzene rings is 6. The second-order valence-electron chi connectivity index (χ2n) is 11.8. The minimum atomic E-state index is -3.88. The van der Waals surface area contributed by atoms with Crippen LogP contribution in [0, 0.1) is 6.92 Å². The van der Waals surface area contributed by atoms with Gasteiger partial charge in [0.05, 0.1) is 5.30 Å². The van der Waals surface area contributed by atoms with Gasteiger partial charge in [-0.3, -0.25) is 14.2 Å². The molecule has 6 aromatic carbocycles.